The van der Waals surface area contributed by atoms with Gasteiger partial charge in [0, 0.05) is 6.54 Å². The molecular weight excluding hydrogens is 254 g/mol. The average Bonchev–Trinajstić information content (AvgIpc) is 2.92. The number of piperidine rings is 1. The standard InChI is InChI=1S/C14H19N5O/c1-11-7-8-18(9-13(11)20)10-14-15-16-17-19(14)12-5-3-2-4-6-12/h2-6,11,13,20H,7-10H2,1H3. The minimum Gasteiger partial charge on any atom is -0.392 e. The Balaban J connectivity index is 1.75. The average molecular weight is 273 g/mol. The van der Waals surface area contributed by atoms with Crippen LogP contribution in [0, 0.1) is 5.92 Å². The lowest BCUT2D eigenvalue weighted by Crippen LogP contribution is -2.42. The third kappa shape index (κ3) is 2.71. The summed E-state index contributed by atoms with van der Waals surface area (Å²) < 4.78 is 1.75. The van der Waals surface area contributed by atoms with Crippen molar-refractivity contribution in [2.45, 2.75) is 26.0 Å². The van der Waals surface area contributed by atoms with E-state index in [1.807, 2.05) is 30.3 Å². The summed E-state index contributed by atoms with van der Waals surface area (Å²) in [7, 11) is 0. The summed E-state index contributed by atoms with van der Waals surface area (Å²) in [6, 6.07) is 9.86. The first-order valence-electron chi connectivity index (χ1n) is 6.97. The van der Waals surface area contributed by atoms with Crippen molar-refractivity contribution in [3.63, 3.8) is 0 Å². The number of hydrogen-bond acceptors (Lipinski definition) is 5. The Morgan fingerprint density at radius 2 is 2.10 bits per heavy atom. The first kappa shape index (κ1) is 13.2. The molecule has 2 heterocycles. The second-order valence-corrected chi connectivity index (χ2v) is 5.41. The quantitative estimate of drug-likeness (QED) is 0.898. The maximum absolute atomic E-state index is 9.96. The number of benzene rings is 1. The Morgan fingerprint density at radius 3 is 2.85 bits per heavy atom. The van der Waals surface area contributed by atoms with E-state index in [-0.39, 0.29) is 6.10 Å². The number of β-amino-alcohol motifs (C(OH)–C–C–N with tert-alkyl or cyclic N) is 1. The van der Waals surface area contributed by atoms with E-state index in [9.17, 15) is 5.11 Å². The molecule has 1 saturated heterocycles. The predicted molar refractivity (Wildman–Crippen MR) is 74.2 cm³/mol. The molecule has 3 rings (SSSR count). The fourth-order valence-electron chi connectivity index (χ4n) is 2.53. The monoisotopic (exact) mass is 273 g/mol. The summed E-state index contributed by atoms with van der Waals surface area (Å²) in [5.74, 6) is 1.18. The molecule has 0 radical (unpaired) electrons. The van der Waals surface area contributed by atoms with Crippen LogP contribution in [0.5, 0.6) is 0 Å². The molecule has 0 amide bonds. The fourth-order valence-corrected chi connectivity index (χ4v) is 2.53. The summed E-state index contributed by atoms with van der Waals surface area (Å²) in [6.07, 6.45) is 0.749. The molecule has 0 saturated carbocycles. The van der Waals surface area contributed by atoms with Gasteiger partial charge >= 0.3 is 0 Å². The van der Waals surface area contributed by atoms with Gasteiger partial charge in [0.05, 0.1) is 18.3 Å². The van der Waals surface area contributed by atoms with Crippen LogP contribution >= 0.6 is 0 Å². The van der Waals surface area contributed by atoms with E-state index >= 15 is 0 Å². The van der Waals surface area contributed by atoms with E-state index in [1.54, 1.807) is 4.68 Å². The summed E-state index contributed by atoms with van der Waals surface area (Å²) in [5.41, 5.74) is 0.957. The van der Waals surface area contributed by atoms with Gasteiger partial charge in [-0.15, -0.1) is 5.10 Å². The number of tetrazole rings is 1. The van der Waals surface area contributed by atoms with Gasteiger partial charge in [-0.3, -0.25) is 4.90 Å². The minimum atomic E-state index is -0.259. The van der Waals surface area contributed by atoms with Crippen molar-refractivity contribution in [2.75, 3.05) is 13.1 Å². The Labute approximate surface area is 118 Å². The van der Waals surface area contributed by atoms with E-state index in [1.165, 1.54) is 0 Å². The van der Waals surface area contributed by atoms with Gasteiger partial charge in [0.25, 0.3) is 0 Å². The first-order valence-corrected chi connectivity index (χ1v) is 6.97. The highest BCUT2D eigenvalue weighted by Crippen LogP contribution is 2.18. The van der Waals surface area contributed by atoms with Crippen molar-refractivity contribution in [1.29, 1.82) is 0 Å². The molecule has 1 aromatic heterocycles. The molecule has 6 heteroatoms. The largest absolute Gasteiger partial charge is 0.392 e. The van der Waals surface area contributed by atoms with Crippen LogP contribution in [0.25, 0.3) is 5.69 Å². The molecular formula is C14H19N5O. The Morgan fingerprint density at radius 1 is 1.30 bits per heavy atom. The van der Waals surface area contributed by atoms with Crippen molar-refractivity contribution >= 4 is 0 Å². The van der Waals surface area contributed by atoms with Gasteiger partial charge in [0.2, 0.25) is 0 Å². The van der Waals surface area contributed by atoms with Gasteiger partial charge in [0.15, 0.2) is 5.82 Å². The van der Waals surface area contributed by atoms with Gasteiger partial charge in [-0.2, -0.15) is 4.68 Å². The van der Waals surface area contributed by atoms with Crippen LogP contribution in [0.15, 0.2) is 30.3 Å². The molecule has 1 aliphatic rings. The molecule has 0 spiro atoms. The van der Waals surface area contributed by atoms with E-state index in [2.05, 4.69) is 27.3 Å². The number of aliphatic hydroxyl groups excluding tert-OH is 1. The molecule has 1 aromatic carbocycles. The maximum atomic E-state index is 9.96. The van der Waals surface area contributed by atoms with Crippen LogP contribution < -0.4 is 0 Å². The Bertz CT molecular complexity index is 556. The van der Waals surface area contributed by atoms with Crippen LogP contribution in [0.4, 0.5) is 0 Å². The third-order valence-corrected chi connectivity index (χ3v) is 3.90. The predicted octanol–water partition coefficient (Wildman–Crippen LogP) is 0.865. The van der Waals surface area contributed by atoms with Crippen molar-refractivity contribution in [2.24, 2.45) is 5.92 Å². The zero-order chi connectivity index (χ0) is 13.9. The normalized spacial score (nSPS) is 23.9. The molecule has 0 bridgehead atoms. The summed E-state index contributed by atoms with van der Waals surface area (Å²) in [5, 5.41) is 21.9. The molecule has 1 aliphatic heterocycles. The minimum absolute atomic E-state index is 0.259. The number of hydrogen-bond donors (Lipinski definition) is 1. The van der Waals surface area contributed by atoms with Crippen LogP contribution in [-0.4, -0.2) is 49.4 Å². The lowest BCUT2D eigenvalue weighted by molar-refractivity contribution is 0.0246. The first-order chi connectivity index (χ1) is 9.74. The van der Waals surface area contributed by atoms with Crippen LogP contribution in [0.1, 0.15) is 19.2 Å². The third-order valence-electron chi connectivity index (χ3n) is 3.90. The number of rotatable bonds is 3. The van der Waals surface area contributed by atoms with Gasteiger partial charge in [-0.1, -0.05) is 25.1 Å². The zero-order valence-corrected chi connectivity index (χ0v) is 11.6. The van der Waals surface area contributed by atoms with Crippen molar-refractivity contribution in [1.82, 2.24) is 25.1 Å². The number of aromatic nitrogens is 4. The maximum Gasteiger partial charge on any atom is 0.170 e. The molecule has 2 unspecified atom stereocenters. The molecule has 106 valence electrons. The topological polar surface area (TPSA) is 67.1 Å². The molecule has 0 aliphatic carbocycles. The van der Waals surface area contributed by atoms with Crippen molar-refractivity contribution < 1.29 is 5.11 Å². The molecule has 2 aromatic rings. The number of aliphatic hydroxyl groups is 1. The van der Waals surface area contributed by atoms with Gasteiger partial charge < -0.3 is 5.11 Å². The van der Waals surface area contributed by atoms with Crippen molar-refractivity contribution in [3.05, 3.63) is 36.2 Å². The number of para-hydroxylation sites is 1. The molecule has 20 heavy (non-hydrogen) atoms. The Kier molecular flexibility index (Phi) is 3.75. The summed E-state index contributed by atoms with van der Waals surface area (Å²) in [6.45, 7) is 4.41. The smallest absolute Gasteiger partial charge is 0.170 e. The zero-order valence-electron chi connectivity index (χ0n) is 11.6. The van der Waals surface area contributed by atoms with Gasteiger partial charge in [0.1, 0.15) is 0 Å². The van der Waals surface area contributed by atoms with E-state index < -0.39 is 0 Å². The SMILES string of the molecule is CC1CCN(Cc2nnnn2-c2ccccc2)CC1O. The number of nitrogens with zero attached hydrogens (tertiary/aromatic N) is 5. The van der Waals surface area contributed by atoms with E-state index in [0.717, 1.165) is 24.5 Å². The van der Waals surface area contributed by atoms with E-state index in [4.69, 9.17) is 0 Å². The highest BCUT2D eigenvalue weighted by atomic mass is 16.3. The van der Waals surface area contributed by atoms with Gasteiger partial charge in [-0.25, -0.2) is 0 Å². The lowest BCUT2D eigenvalue weighted by Gasteiger charge is -2.33. The Hall–Kier alpha value is -1.79. The molecule has 1 N–H and O–H groups in total. The van der Waals surface area contributed by atoms with Crippen LogP contribution in [0.3, 0.4) is 0 Å². The van der Waals surface area contributed by atoms with Gasteiger partial charge in [-0.05, 0) is 41.4 Å². The highest BCUT2D eigenvalue weighted by Gasteiger charge is 2.25. The molecule has 6 nitrogen and oxygen atoms in total. The van der Waals surface area contributed by atoms with Crippen molar-refractivity contribution in [3.8, 4) is 5.69 Å². The van der Waals surface area contributed by atoms with Crippen LogP contribution in [0.2, 0.25) is 0 Å². The van der Waals surface area contributed by atoms with Crippen LogP contribution in [-0.2, 0) is 6.54 Å². The van der Waals surface area contributed by atoms with E-state index in [0.29, 0.717) is 19.0 Å². The lowest BCUT2D eigenvalue weighted by atomic mass is 9.96. The highest BCUT2D eigenvalue weighted by molar-refractivity contribution is 5.30. The second kappa shape index (κ2) is 5.68. The molecule has 2 atom stereocenters. The molecule has 1 fully saturated rings. The number of likely N-dealkylation sites (tertiary alicyclic amines) is 1. The summed E-state index contributed by atoms with van der Waals surface area (Å²) in [4.78, 5) is 2.20. The fraction of sp³-hybridized carbons (Fsp3) is 0.500. The summed E-state index contributed by atoms with van der Waals surface area (Å²) >= 11 is 0. The second-order valence-electron chi connectivity index (χ2n) is 5.41.